The molecule has 0 radical (unpaired) electrons. The lowest BCUT2D eigenvalue weighted by atomic mass is 9.84. The van der Waals surface area contributed by atoms with Gasteiger partial charge in [-0.1, -0.05) is 0 Å². The lowest BCUT2D eigenvalue weighted by Crippen LogP contribution is -2.41. The Morgan fingerprint density at radius 1 is 1.30 bits per heavy atom. The van der Waals surface area contributed by atoms with Gasteiger partial charge in [0.15, 0.2) is 0 Å². The average molecular weight is 276 g/mol. The zero-order valence-corrected chi connectivity index (χ0v) is 12.2. The van der Waals surface area contributed by atoms with Gasteiger partial charge in [-0.25, -0.2) is 4.39 Å². The van der Waals surface area contributed by atoms with Crippen molar-refractivity contribution < 1.29 is 13.7 Å². The van der Waals surface area contributed by atoms with Crippen molar-refractivity contribution in [1.82, 2.24) is 4.98 Å². The van der Waals surface area contributed by atoms with Crippen LogP contribution in [0.3, 0.4) is 0 Å². The summed E-state index contributed by atoms with van der Waals surface area (Å²) in [6.07, 6.45) is 2.08. The van der Waals surface area contributed by atoms with Crippen LogP contribution in [0.15, 0.2) is 12.3 Å². The number of pyridine rings is 1. The highest BCUT2D eigenvalue weighted by Crippen LogP contribution is 2.36. The summed E-state index contributed by atoms with van der Waals surface area (Å²) >= 11 is 0. The zero-order valence-electron chi connectivity index (χ0n) is 12.2. The molecular weight excluding hydrogens is 258 g/mol. The summed E-state index contributed by atoms with van der Waals surface area (Å²) in [6.45, 7) is 7.74. The maximum atomic E-state index is 14.0. The number of nitriles is 1. The topological polar surface area (TPSA) is 55.1 Å². The van der Waals surface area contributed by atoms with Crippen LogP contribution in [-0.2, 0) is 15.7 Å². The molecule has 4 nitrogen and oxygen atoms in total. The molecule has 1 aliphatic heterocycles. The molecule has 0 unspecified atom stereocenters. The zero-order chi connectivity index (χ0) is 15.0. The molecule has 0 saturated carbocycles. The molecule has 1 fully saturated rings. The molecule has 1 aliphatic rings. The molecule has 0 N–H and O–H groups in total. The normalized spacial score (nSPS) is 19.9. The first-order chi connectivity index (χ1) is 9.27. The maximum Gasteiger partial charge on any atom is 0.514 e. The molecule has 0 amide bonds. The van der Waals surface area contributed by atoms with E-state index in [-0.39, 0.29) is 12.2 Å². The number of nitrogens with zero attached hydrogens (tertiary/aromatic N) is 2. The molecule has 1 saturated heterocycles. The van der Waals surface area contributed by atoms with Crippen LogP contribution in [0.4, 0.5) is 4.39 Å². The Balaban J connectivity index is 2.20. The van der Waals surface area contributed by atoms with Crippen molar-refractivity contribution in [1.29, 1.82) is 5.26 Å². The molecule has 2 heterocycles. The fourth-order valence-corrected chi connectivity index (χ4v) is 1.94. The molecule has 106 valence electrons. The molecule has 1 aromatic heterocycles. The minimum atomic E-state index is -0.667. The Bertz CT molecular complexity index is 539. The Labute approximate surface area is 119 Å². The minimum Gasteiger partial charge on any atom is -0.398 e. The first-order valence-corrected chi connectivity index (χ1v) is 6.64. The fourth-order valence-electron chi connectivity index (χ4n) is 1.94. The van der Waals surface area contributed by atoms with Gasteiger partial charge in [0, 0.05) is 18.2 Å². The second kappa shape index (κ2) is 5.15. The monoisotopic (exact) mass is 276 g/mol. The minimum absolute atomic E-state index is 0.272. The average Bonchev–Trinajstić information content (AvgIpc) is 2.57. The Kier molecular flexibility index (Phi) is 3.85. The largest absolute Gasteiger partial charge is 0.514 e. The summed E-state index contributed by atoms with van der Waals surface area (Å²) in [7, 11) is -0.667. The van der Waals surface area contributed by atoms with Gasteiger partial charge < -0.3 is 9.31 Å². The van der Waals surface area contributed by atoms with Gasteiger partial charge in [0.25, 0.3) is 0 Å². The van der Waals surface area contributed by atoms with Crippen molar-refractivity contribution in [3.05, 3.63) is 23.6 Å². The van der Waals surface area contributed by atoms with E-state index in [1.807, 2.05) is 33.8 Å². The van der Waals surface area contributed by atoms with Gasteiger partial charge in [0.1, 0.15) is 5.82 Å². The van der Waals surface area contributed by atoms with Crippen LogP contribution >= 0.6 is 0 Å². The van der Waals surface area contributed by atoms with Crippen molar-refractivity contribution in [3.63, 3.8) is 0 Å². The predicted octanol–water partition coefficient (Wildman–Crippen LogP) is 1.98. The van der Waals surface area contributed by atoms with Crippen LogP contribution < -0.4 is 5.59 Å². The van der Waals surface area contributed by atoms with E-state index in [2.05, 4.69) is 4.98 Å². The van der Waals surface area contributed by atoms with Gasteiger partial charge in [-0.2, -0.15) is 5.26 Å². The third-order valence-electron chi connectivity index (χ3n) is 3.95. The predicted molar refractivity (Wildman–Crippen MR) is 73.8 cm³/mol. The summed E-state index contributed by atoms with van der Waals surface area (Å²) < 4.78 is 25.6. The van der Waals surface area contributed by atoms with Crippen LogP contribution in [0.1, 0.15) is 39.7 Å². The second-order valence-electron chi connectivity index (χ2n) is 5.95. The maximum absolute atomic E-state index is 14.0. The van der Waals surface area contributed by atoms with Crippen LogP contribution in [-0.4, -0.2) is 23.3 Å². The fraction of sp³-hybridized carbons (Fsp3) is 0.571. The second-order valence-corrected chi connectivity index (χ2v) is 5.95. The number of aromatic nitrogens is 1. The Morgan fingerprint density at radius 2 is 1.90 bits per heavy atom. The summed E-state index contributed by atoms with van der Waals surface area (Å²) in [6, 6.07) is 3.32. The van der Waals surface area contributed by atoms with Crippen molar-refractivity contribution in [2.24, 2.45) is 0 Å². The number of halogens is 1. The lowest BCUT2D eigenvalue weighted by Gasteiger charge is -2.32. The van der Waals surface area contributed by atoms with E-state index in [4.69, 9.17) is 14.6 Å². The number of rotatable bonds is 3. The van der Waals surface area contributed by atoms with E-state index in [1.54, 1.807) is 0 Å². The Morgan fingerprint density at radius 3 is 2.40 bits per heavy atom. The van der Waals surface area contributed by atoms with E-state index < -0.39 is 18.3 Å². The van der Waals surface area contributed by atoms with Gasteiger partial charge >= 0.3 is 7.12 Å². The molecule has 0 aliphatic carbocycles. The summed E-state index contributed by atoms with van der Waals surface area (Å²) in [5.74, 6) is -0.375. The van der Waals surface area contributed by atoms with Gasteiger partial charge in [-0.15, -0.1) is 0 Å². The molecule has 1 aromatic rings. The van der Waals surface area contributed by atoms with Crippen molar-refractivity contribution in [2.75, 3.05) is 0 Å². The molecule has 6 heteroatoms. The molecule has 20 heavy (non-hydrogen) atoms. The van der Waals surface area contributed by atoms with Gasteiger partial charge in [-0.3, -0.25) is 4.98 Å². The molecule has 0 bridgehead atoms. The SMILES string of the molecule is CC1(C)OB(c2cc(F)c(CCC#N)cn2)OC1(C)C. The van der Waals surface area contributed by atoms with E-state index >= 15 is 0 Å². The number of aryl methyl sites for hydroxylation is 1. The molecule has 0 atom stereocenters. The van der Waals surface area contributed by atoms with Crippen molar-refractivity contribution in [2.45, 2.75) is 51.7 Å². The third-order valence-corrected chi connectivity index (χ3v) is 3.95. The van der Waals surface area contributed by atoms with E-state index in [0.29, 0.717) is 17.6 Å². The van der Waals surface area contributed by atoms with Crippen molar-refractivity contribution in [3.8, 4) is 6.07 Å². The molecule has 0 aromatic carbocycles. The smallest absolute Gasteiger partial charge is 0.398 e. The highest BCUT2D eigenvalue weighted by molar-refractivity contribution is 6.61. The Hall–Kier alpha value is -1.45. The third kappa shape index (κ3) is 2.69. The highest BCUT2D eigenvalue weighted by Gasteiger charge is 2.52. The first kappa shape index (κ1) is 15.0. The van der Waals surface area contributed by atoms with Crippen LogP contribution in [0, 0.1) is 17.1 Å². The van der Waals surface area contributed by atoms with Gasteiger partial charge in [0.2, 0.25) is 0 Å². The number of hydrogen-bond donors (Lipinski definition) is 0. The van der Waals surface area contributed by atoms with E-state index in [1.165, 1.54) is 12.3 Å². The van der Waals surface area contributed by atoms with Crippen molar-refractivity contribution >= 4 is 12.7 Å². The van der Waals surface area contributed by atoms with Gasteiger partial charge in [-0.05, 0) is 40.2 Å². The van der Waals surface area contributed by atoms with Crippen LogP contribution in [0.2, 0.25) is 0 Å². The van der Waals surface area contributed by atoms with Crippen LogP contribution in [0.5, 0.6) is 0 Å². The lowest BCUT2D eigenvalue weighted by molar-refractivity contribution is 0.00578. The standard InChI is InChI=1S/C14H18BFN2O2/c1-13(2)14(3,4)20-15(19-13)12-8-11(16)10(9-18-12)6-5-7-17/h8-9H,5-6H2,1-4H3. The summed E-state index contributed by atoms with van der Waals surface area (Å²) in [5, 5.41) is 8.53. The van der Waals surface area contributed by atoms with Crippen LogP contribution in [0.25, 0.3) is 0 Å². The first-order valence-electron chi connectivity index (χ1n) is 6.64. The van der Waals surface area contributed by atoms with E-state index in [9.17, 15) is 4.39 Å². The number of hydrogen-bond acceptors (Lipinski definition) is 4. The summed E-state index contributed by atoms with van der Waals surface area (Å²) in [4.78, 5) is 4.21. The van der Waals surface area contributed by atoms with Gasteiger partial charge in [0.05, 0.1) is 22.9 Å². The molecular formula is C14H18BFN2O2. The van der Waals surface area contributed by atoms with E-state index in [0.717, 1.165) is 0 Å². The summed E-state index contributed by atoms with van der Waals surface area (Å²) in [5.41, 5.74) is -0.0985. The highest BCUT2D eigenvalue weighted by atomic mass is 19.1. The molecule has 2 rings (SSSR count). The molecule has 0 spiro atoms. The quantitative estimate of drug-likeness (QED) is 0.792.